The third-order valence-electron chi connectivity index (χ3n) is 7.93. The minimum Gasteiger partial charge on any atom is -0.493 e. The van der Waals surface area contributed by atoms with Crippen molar-refractivity contribution in [3.63, 3.8) is 0 Å². The molecule has 7 heteroatoms. The number of benzene rings is 2. The molecule has 1 aliphatic carbocycles. The van der Waals surface area contributed by atoms with E-state index in [1.807, 2.05) is 40.7 Å². The second-order valence-corrected chi connectivity index (χ2v) is 9.55. The zero-order valence-electron chi connectivity index (χ0n) is 24.2. The summed E-state index contributed by atoms with van der Waals surface area (Å²) in [5.74, 6) is 4.88. The maximum atomic E-state index is 6.98. The van der Waals surface area contributed by atoms with Crippen molar-refractivity contribution in [2.45, 2.75) is 78.4 Å². The molecular formula is C31H45NO6. The Morgan fingerprint density at radius 3 is 2.11 bits per heavy atom. The van der Waals surface area contributed by atoms with Gasteiger partial charge in [-0.25, -0.2) is 0 Å². The van der Waals surface area contributed by atoms with Crippen molar-refractivity contribution in [1.82, 2.24) is 4.90 Å². The quantitative estimate of drug-likeness (QED) is 0.401. The van der Waals surface area contributed by atoms with Crippen LogP contribution in [0.3, 0.4) is 0 Å². The van der Waals surface area contributed by atoms with E-state index in [0.717, 1.165) is 60.7 Å². The van der Waals surface area contributed by atoms with E-state index >= 15 is 0 Å². The second-order valence-electron chi connectivity index (χ2n) is 9.55. The second kappa shape index (κ2) is 12.4. The van der Waals surface area contributed by atoms with Crippen molar-refractivity contribution >= 4 is 0 Å². The van der Waals surface area contributed by atoms with Crippen molar-refractivity contribution in [2.75, 3.05) is 40.7 Å². The summed E-state index contributed by atoms with van der Waals surface area (Å²) in [6, 6.07) is 8.37. The third kappa shape index (κ3) is 4.74. The van der Waals surface area contributed by atoms with E-state index in [4.69, 9.17) is 28.4 Å². The average Bonchev–Trinajstić information content (AvgIpc) is 3.74. The van der Waals surface area contributed by atoms with E-state index < -0.39 is 0 Å². The highest BCUT2D eigenvalue weighted by Crippen LogP contribution is 2.59. The van der Waals surface area contributed by atoms with Crippen molar-refractivity contribution < 1.29 is 28.4 Å². The molecular weight excluding hydrogens is 482 g/mol. The molecule has 3 atom stereocenters. The van der Waals surface area contributed by atoms with E-state index in [0.29, 0.717) is 29.8 Å². The maximum Gasteiger partial charge on any atom is 0.231 e. The van der Waals surface area contributed by atoms with Gasteiger partial charge in [0.25, 0.3) is 0 Å². The highest BCUT2D eigenvalue weighted by molar-refractivity contribution is 5.60. The van der Waals surface area contributed by atoms with Crippen molar-refractivity contribution in [3.05, 3.63) is 35.4 Å². The Labute approximate surface area is 228 Å². The predicted octanol–water partition coefficient (Wildman–Crippen LogP) is 7.00. The molecule has 210 valence electrons. The summed E-state index contributed by atoms with van der Waals surface area (Å²) < 4.78 is 35.9. The standard InChI is InChI=1S/C27H33NO6.2C2H6/c1-4-31-26-23(29-2)12-17(13-24(26)30-3)25-18-14-21-22(33-16-32-21)15-20(18)34-27(9-7-8-19(25)27)28-10-5-6-11-28;2*1-2/h12-15,19,25H,4-11,16H2,1-3H3;2*1-2H3. The molecule has 2 fully saturated rings. The first-order chi connectivity index (χ1) is 18.7. The normalized spacial score (nSPS) is 24.6. The van der Waals surface area contributed by atoms with Gasteiger partial charge in [0.2, 0.25) is 12.5 Å². The summed E-state index contributed by atoms with van der Waals surface area (Å²) in [5, 5.41) is 0. The van der Waals surface area contributed by atoms with Crippen LogP contribution in [0, 0.1) is 5.92 Å². The van der Waals surface area contributed by atoms with Gasteiger partial charge in [-0.15, -0.1) is 0 Å². The number of ether oxygens (including phenoxy) is 6. The summed E-state index contributed by atoms with van der Waals surface area (Å²) in [4.78, 5) is 2.59. The fraction of sp³-hybridized carbons (Fsp3) is 0.613. The van der Waals surface area contributed by atoms with Gasteiger partial charge < -0.3 is 28.4 Å². The Hall–Kier alpha value is -2.80. The molecule has 6 rings (SSSR count). The monoisotopic (exact) mass is 527 g/mol. The zero-order valence-corrected chi connectivity index (χ0v) is 24.2. The molecule has 2 aromatic carbocycles. The SMILES string of the molecule is CC.CC.CCOc1c(OC)cc(C2c3cc4c(cc3OC3(N5CCCC5)CCCC23)OCO4)cc1OC. The highest BCUT2D eigenvalue weighted by Gasteiger charge is 2.57. The van der Waals surface area contributed by atoms with Gasteiger partial charge in [0.1, 0.15) is 5.75 Å². The van der Waals surface area contributed by atoms with E-state index in [9.17, 15) is 0 Å². The molecule has 2 aromatic rings. The van der Waals surface area contributed by atoms with E-state index in [-0.39, 0.29) is 18.4 Å². The van der Waals surface area contributed by atoms with Gasteiger partial charge in [0, 0.05) is 43.0 Å². The number of hydrogen-bond donors (Lipinski definition) is 0. The molecule has 0 radical (unpaired) electrons. The molecule has 3 unspecified atom stereocenters. The van der Waals surface area contributed by atoms with E-state index in [1.165, 1.54) is 12.8 Å². The topological polar surface area (TPSA) is 58.6 Å². The first kappa shape index (κ1) is 28.2. The van der Waals surface area contributed by atoms with E-state index in [1.54, 1.807) is 14.2 Å². The number of methoxy groups -OCH3 is 2. The van der Waals surface area contributed by atoms with Crippen LogP contribution in [0.2, 0.25) is 0 Å². The first-order valence-corrected chi connectivity index (χ1v) is 14.4. The van der Waals surface area contributed by atoms with Gasteiger partial charge in [0.05, 0.1) is 20.8 Å². The Kier molecular flexibility index (Phi) is 9.19. The summed E-state index contributed by atoms with van der Waals surface area (Å²) >= 11 is 0. The smallest absolute Gasteiger partial charge is 0.231 e. The van der Waals surface area contributed by atoms with Crippen LogP contribution in [0.4, 0.5) is 0 Å². The molecule has 1 saturated carbocycles. The lowest BCUT2D eigenvalue weighted by molar-refractivity contribution is -0.117. The number of likely N-dealkylation sites (tertiary alicyclic amines) is 1. The van der Waals surface area contributed by atoms with Gasteiger partial charge in [-0.3, -0.25) is 4.90 Å². The average molecular weight is 528 g/mol. The molecule has 38 heavy (non-hydrogen) atoms. The summed E-state index contributed by atoms with van der Waals surface area (Å²) in [5.41, 5.74) is 1.98. The molecule has 3 heterocycles. The molecule has 0 bridgehead atoms. The largest absolute Gasteiger partial charge is 0.493 e. The Balaban J connectivity index is 0.000000804. The van der Waals surface area contributed by atoms with Gasteiger partial charge >= 0.3 is 0 Å². The Bertz CT molecular complexity index is 1060. The first-order valence-electron chi connectivity index (χ1n) is 14.4. The van der Waals surface area contributed by atoms with Gasteiger partial charge in [0.15, 0.2) is 28.7 Å². The van der Waals surface area contributed by atoms with Gasteiger partial charge in [-0.1, -0.05) is 27.7 Å². The lowest BCUT2D eigenvalue weighted by Crippen LogP contribution is -2.58. The van der Waals surface area contributed by atoms with Crippen LogP contribution in [-0.2, 0) is 0 Å². The van der Waals surface area contributed by atoms with Crippen LogP contribution in [-0.4, -0.2) is 51.3 Å². The lowest BCUT2D eigenvalue weighted by atomic mass is 9.73. The van der Waals surface area contributed by atoms with Gasteiger partial charge in [-0.2, -0.15) is 0 Å². The summed E-state index contributed by atoms with van der Waals surface area (Å²) in [6.07, 6.45) is 5.73. The maximum absolute atomic E-state index is 6.98. The summed E-state index contributed by atoms with van der Waals surface area (Å²) in [7, 11) is 3.36. The summed E-state index contributed by atoms with van der Waals surface area (Å²) in [6.45, 7) is 12.9. The minimum absolute atomic E-state index is 0.111. The number of hydrogen-bond acceptors (Lipinski definition) is 7. The minimum atomic E-state index is -0.305. The fourth-order valence-corrected chi connectivity index (χ4v) is 6.55. The van der Waals surface area contributed by atoms with Crippen LogP contribution in [0.15, 0.2) is 24.3 Å². The predicted molar refractivity (Wildman–Crippen MR) is 149 cm³/mol. The van der Waals surface area contributed by atoms with E-state index in [2.05, 4.69) is 23.1 Å². The molecule has 0 amide bonds. The molecule has 4 aliphatic rings. The van der Waals surface area contributed by atoms with Gasteiger partial charge in [-0.05, 0) is 56.4 Å². The lowest BCUT2D eigenvalue weighted by Gasteiger charge is -2.50. The fourth-order valence-electron chi connectivity index (χ4n) is 6.55. The molecule has 3 aliphatic heterocycles. The number of fused-ring (bicyclic) bond motifs is 3. The van der Waals surface area contributed by atoms with Crippen LogP contribution in [0.25, 0.3) is 0 Å². The highest BCUT2D eigenvalue weighted by atomic mass is 16.7. The molecule has 0 N–H and O–H groups in total. The van der Waals surface area contributed by atoms with Crippen LogP contribution in [0.1, 0.15) is 83.8 Å². The third-order valence-corrected chi connectivity index (χ3v) is 7.93. The van der Waals surface area contributed by atoms with Crippen LogP contribution in [0.5, 0.6) is 34.5 Å². The molecule has 7 nitrogen and oxygen atoms in total. The zero-order chi connectivity index (χ0) is 27.3. The van der Waals surface area contributed by atoms with Crippen molar-refractivity contribution in [1.29, 1.82) is 0 Å². The van der Waals surface area contributed by atoms with Crippen LogP contribution >= 0.6 is 0 Å². The molecule has 0 aromatic heterocycles. The molecule has 0 spiro atoms. The Morgan fingerprint density at radius 2 is 1.50 bits per heavy atom. The van der Waals surface area contributed by atoms with Crippen molar-refractivity contribution in [2.24, 2.45) is 5.92 Å². The Morgan fingerprint density at radius 1 is 0.868 bits per heavy atom. The van der Waals surface area contributed by atoms with Crippen molar-refractivity contribution in [3.8, 4) is 34.5 Å². The molecule has 1 saturated heterocycles. The number of nitrogens with zero attached hydrogens (tertiary/aromatic N) is 1. The number of rotatable bonds is 6. The van der Waals surface area contributed by atoms with Crippen LogP contribution < -0.4 is 28.4 Å².